The molecule has 0 bridgehead atoms. The van der Waals surface area contributed by atoms with Crippen molar-refractivity contribution in [1.82, 2.24) is 15.3 Å². The molecule has 0 saturated carbocycles. The maximum atomic E-state index is 11.2. The number of carbonyl (C=O) groups excluding carboxylic acids is 1. The highest BCUT2D eigenvalue weighted by molar-refractivity contribution is 6.06. The van der Waals surface area contributed by atoms with E-state index in [1.165, 1.54) is 0 Å². The molecule has 1 amide bonds. The summed E-state index contributed by atoms with van der Waals surface area (Å²) in [4.78, 5) is 18.3. The van der Waals surface area contributed by atoms with Crippen LogP contribution in [0.25, 0.3) is 10.9 Å². The molecule has 0 aromatic carbocycles. The second-order valence-corrected chi connectivity index (χ2v) is 4.15. The molecule has 0 radical (unpaired) electrons. The Balaban J connectivity index is 2.04. The van der Waals surface area contributed by atoms with Crippen molar-refractivity contribution < 1.29 is 4.79 Å². The molecular weight excluding hydrogens is 218 g/mol. The lowest BCUT2D eigenvalue weighted by molar-refractivity contribution is 0.0997. The van der Waals surface area contributed by atoms with Crippen LogP contribution in [-0.2, 0) is 0 Å². The quantitative estimate of drug-likeness (QED) is 0.600. The first-order chi connectivity index (χ1) is 8.25. The molecule has 88 valence electrons. The van der Waals surface area contributed by atoms with Gasteiger partial charge >= 0.3 is 0 Å². The zero-order valence-corrected chi connectivity index (χ0v) is 9.16. The van der Waals surface area contributed by atoms with E-state index < -0.39 is 5.91 Å². The van der Waals surface area contributed by atoms with E-state index >= 15 is 0 Å². The highest BCUT2D eigenvalue weighted by Gasteiger charge is 2.19. The largest absolute Gasteiger partial charge is 0.378 e. The zero-order chi connectivity index (χ0) is 11.8. The van der Waals surface area contributed by atoms with E-state index in [1.54, 1.807) is 12.4 Å². The summed E-state index contributed by atoms with van der Waals surface area (Å²) in [5, 5.41) is 7.51. The Morgan fingerprint density at radius 1 is 1.53 bits per heavy atom. The van der Waals surface area contributed by atoms with E-state index in [1.807, 2.05) is 6.07 Å². The van der Waals surface area contributed by atoms with Gasteiger partial charge in [0.15, 0.2) is 5.69 Å². The van der Waals surface area contributed by atoms with Crippen molar-refractivity contribution in [2.75, 3.05) is 18.4 Å². The average molecular weight is 231 g/mol. The number of rotatable bonds is 3. The van der Waals surface area contributed by atoms with Crippen molar-refractivity contribution in [3.05, 3.63) is 24.2 Å². The van der Waals surface area contributed by atoms with Crippen LogP contribution in [0.15, 0.2) is 18.5 Å². The summed E-state index contributed by atoms with van der Waals surface area (Å²) in [5.74, 6) is -0.519. The van der Waals surface area contributed by atoms with Crippen LogP contribution in [0.5, 0.6) is 0 Å². The molecule has 0 atom stereocenters. The molecular formula is C11H13N5O. The molecule has 6 nitrogen and oxygen atoms in total. The minimum Gasteiger partial charge on any atom is -0.378 e. The number of amides is 1. The van der Waals surface area contributed by atoms with E-state index in [0.29, 0.717) is 11.6 Å². The van der Waals surface area contributed by atoms with E-state index in [9.17, 15) is 4.79 Å². The van der Waals surface area contributed by atoms with Crippen LogP contribution in [-0.4, -0.2) is 35.0 Å². The molecule has 1 saturated heterocycles. The number of nitrogens with one attached hydrogen (secondary N) is 3. The van der Waals surface area contributed by atoms with E-state index in [2.05, 4.69) is 20.6 Å². The smallest absolute Gasteiger partial charge is 0.269 e. The van der Waals surface area contributed by atoms with Crippen molar-refractivity contribution in [3.63, 3.8) is 0 Å². The van der Waals surface area contributed by atoms with Gasteiger partial charge in [-0.1, -0.05) is 0 Å². The molecule has 1 aliphatic heterocycles. The van der Waals surface area contributed by atoms with Crippen LogP contribution < -0.4 is 16.4 Å². The highest BCUT2D eigenvalue weighted by Crippen LogP contribution is 2.24. The van der Waals surface area contributed by atoms with Gasteiger partial charge in [0.2, 0.25) is 0 Å². The fourth-order valence-electron chi connectivity index (χ4n) is 1.97. The van der Waals surface area contributed by atoms with Gasteiger partial charge in [-0.2, -0.15) is 0 Å². The molecule has 1 aliphatic rings. The first-order valence-electron chi connectivity index (χ1n) is 5.49. The summed E-state index contributed by atoms with van der Waals surface area (Å²) in [7, 11) is 0. The predicted octanol–water partition coefficient (Wildman–Crippen LogP) is 0.0455. The Morgan fingerprint density at radius 2 is 2.35 bits per heavy atom. The topological polar surface area (TPSA) is 95.8 Å². The number of fused-ring (bicyclic) bond motifs is 1. The first-order valence-corrected chi connectivity index (χ1v) is 5.49. The number of anilines is 1. The van der Waals surface area contributed by atoms with Crippen molar-refractivity contribution in [3.8, 4) is 0 Å². The summed E-state index contributed by atoms with van der Waals surface area (Å²) in [6, 6.07) is 2.34. The molecule has 2 aromatic rings. The van der Waals surface area contributed by atoms with Gasteiger partial charge in [-0.3, -0.25) is 4.79 Å². The van der Waals surface area contributed by atoms with E-state index in [-0.39, 0.29) is 5.69 Å². The number of aromatic nitrogens is 2. The summed E-state index contributed by atoms with van der Waals surface area (Å²) >= 11 is 0. The van der Waals surface area contributed by atoms with Gasteiger partial charge in [0, 0.05) is 24.7 Å². The number of aromatic amines is 1. The highest BCUT2D eigenvalue weighted by atomic mass is 16.1. The molecule has 17 heavy (non-hydrogen) atoms. The molecule has 0 unspecified atom stereocenters. The van der Waals surface area contributed by atoms with Gasteiger partial charge in [0.1, 0.15) is 0 Å². The predicted molar refractivity (Wildman–Crippen MR) is 64.9 cm³/mol. The SMILES string of the molecule is NC(=O)c1ncc(NC2CNC2)c2cc[nH]c12. The minimum absolute atomic E-state index is 0.280. The lowest BCUT2D eigenvalue weighted by Gasteiger charge is -2.29. The number of nitrogens with two attached hydrogens (primary N) is 1. The number of hydrogen-bond donors (Lipinski definition) is 4. The second-order valence-electron chi connectivity index (χ2n) is 4.15. The Kier molecular flexibility index (Phi) is 2.22. The minimum atomic E-state index is -0.519. The maximum Gasteiger partial charge on any atom is 0.269 e. The van der Waals surface area contributed by atoms with Crippen LogP contribution in [0.1, 0.15) is 10.5 Å². The van der Waals surface area contributed by atoms with Crippen molar-refractivity contribution in [1.29, 1.82) is 0 Å². The van der Waals surface area contributed by atoms with Gasteiger partial charge in [-0.05, 0) is 6.07 Å². The summed E-state index contributed by atoms with van der Waals surface area (Å²) < 4.78 is 0. The fraction of sp³-hybridized carbons (Fsp3) is 0.273. The number of carbonyl (C=O) groups is 1. The van der Waals surface area contributed by atoms with Gasteiger partial charge in [-0.25, -0.2) is 4.98 Å². The Hall–Kier alpha value is -2.08. The van der Waals surface area contributed by atoms with E-state index in [4.69, 9.17) is 5.73 Å². The third-order valence-electron chi connectivity index (χ3n) is 2.97. The molecule has 3 heterocycles. The number of pyridine rings is 1. The lowest BCUT2D eigenvalue weighted by atomic mass is 10.1. The molecule has 2 aromatic heterocycles. The first kappa shape index (κ1) is 10.1. The van der Waals surface area contributed by atoms with E-state index in [0.717, 1.165) is 24.2 Å². The molecule has 0 aliphatic carbocycles. The molecule has 0 spiro atoms. The van der Waals surface area contributed by atoms with Crippen molar-refractivity contribution in [2.45, 2.75) is 6.04 Å². The van der Waals surface area contributed by atoms with Crippen molar-refractivity contribution >= 4 is 22.5 Å². The second kappa shape index (κ2) is 3.74. The Bertz CT molecular complexity index is 572. The van der Waals surface area contributed by atoms with Gasteiger partial charge in [-0.15, -0.1) is 0 Å². The Morgan fingerprint density at radius 3 is 3.00 bits per heavy atom. The van der Waals surface area contributed by atoms with Gasteiger partial charge < -0.3 is 21.4 Å². The number of H-pyrrole nitrogens is 1. The fourth-order valence-corrected chi connectivity index (χ4v) is 1.97. The third kappa shape index (κ3) is 1.62. The normalized spacial score (nSPS) is 15.8. The standard InChI is InChI=1S/C11H13N5O/c12-11(17)10-9-7(1-2-14-9)8(5-15-10)16-6-3-13-4-6/h1-2,5-6,13-14,16H,3-4H2,(H2,12,17). The van der Waals surface area contributed by atoms with Gasteiger partial charge in [0.05, 0.1) is 23.4 Å². The summed E-state index contributed by atoms with van der Waals surface area (Å²) in [6.45, 7) is 1.90. The van der Waals surface area contributed by atoms with Crippen LogP contribution in [0.3, 0.4) is 0 Å². The maximum absolute atomic E-state index is 11.2. The van der Waals surface area contributed by atoms with Crippen LogP contribution in [0.4, 0.5) is 5.69 Å². The average Bonchev–Trinajstić information content (AvgIpc) is 2.71. The number of nitrogens with zero attached hydrogens (tertiary/aromatic N) is 1. The Labute approximate surface area is 97.6 Å². The van der Waals surface area contributed by atoms with Crippen molar-refractivity contribution in [2.24, 2.45) is 5.73 Å². The molecule has 5 N–H and O–H groups in total. The van der Waals surface area contributed by atoms with Crippen LogP contribution in [0.2, 0.25) is 0 Å². The van der Waals surface area contributed by atoms with Crippen LogP contribution in [0, 0.1) is 0 Å². The number of primary amides is 1. The number of hydrogen-bond acceptors (Lipinski definition) is 4. The summed E-state index contributed by atoms with van der Waals surface area (Å²) in [5.41, 5.74) is 7.17. The molecule has 6 heteroatoms. The zero-order valence-electron chi connectivity index (χ0n) is 9.16. The molecule has 3 rings (SSSR count). The third-order valence-corrected chi connectivity index (χ3v) is 2.97. The van der Waals surface area contributed by atoms with Gasteiger partial charge in [0.25, 0.3) is 5.91 Å². The van der Waals surface area contributed by atoms with Crippen LogP contribution >= 0.6 is 0 Å². The lowest BCUT2D eigenvalue weighted by Crippen LogP contribution is -2.51. The monoisotopic (exact) mass is 231 g/mol. The summed E-state index contributed by atoms with van der Waals surface area (Å²) in [6.07, 6.45) is 3.44. The molecule has 1 fully saturated rings.